The van der Waals surface area contributed by atoms with Crippen molar-refractivity contribution in [1.82, 2.24) is 10.2 Å². The van der Waals surface area contributed by atoms with E-state index in [9.17, 15) is 5.11 Å². The maximum atomic E-state index is 10.7. The van der Waals surface area contributed by atoms with E-state index in [1.807, 2.05) is 0 Å². The Morgan fingerprint density at radius 2 is 2.21 bits per heavy atom. The van der Waals surface area contributed by atoms with Gasteiger partial charge < -0.3 is 15.3 Å². The zero-order chi connectivity index (χ0) is 13.7. The Hall–Kier alpha value is -0.120. The van der Waals surface area contributed by atoms with Crippen molar-refractivity contribution in [1.29, 1.82) is 0 Å². The average Bonchev–Trinajstić information content (AvgIpc) is 2.39. The molecule has 0 aromatic carbocycles. The van der Waals surface area contributed by atoms with Crippen LogP contribution in [0.5, 0.6) is 0 Å². The van der Waals surface area contributed by atoms with Crippen molar-refractivity contribution in [3.8, 4) is 0 Å². The number of nitrogens with one attached hydrogen (secondary N) is 1. The molecule has 3 atom stereocenters. The summed E-state index contributed by atoms with van der Waals surface area (Å²) in [4.78, 5) is 2.59. The molecule has 3 unspecified atom stereocenters. The first-order valence-electron chi connectivity index (χ1n) is 8.29. The molecule has 0 bridgehead atoms. The molecule has 1 aliphatic heterocycles. The lowest BCUT2D eigenvalue weighted by molar-refractivity contribution is -0.0968. The highest BCUT2D eigenvalue weighted by Gasteiger charge is 2.42. The fourth-order valence-corrected chi connectivity index (χ4v) is 3.84. The van der Waals surface area contributed by atoms with Crippen LogP contribution in [-0.4, -0.2) is 48.3 Å². The minimum absolute atomic E-state index is 0.321. The molecule has 112 valence electrons. The molecule has 0 aromatic heterocycles. The summed E-state index contributed by atoms with van der Waals surface area (Å²) in [6.45, 7) is 10.2. The topological polar surface area (TPSA) is 35.5 Å². The van der Waals surface area contributed by atoms with Crippen molar-refractivity contribution in [2.75, 3.05) is 32.7 Å². The third-order valence-corrected chi connectivity index (χ3v) is 5.00. The van der Waals surface area contributed by atoms with Gasteiger partial charge in [0.1, 0.15) is 0 Å². The quantitative estimate of drug-likeness (QED) is 0.725. The van der Waals surface area contributed by atoms with Crippen LogP contribution < -0.4 is 5.32 Å². The molecule has 3 nitrogen and oxygen atoms in total. The number of hydrogen-bond acceptors (Lipinski definition) is 3. The summed E-state index contributed by atoms with van der Waals surface area (Å²) in [5.74, 6) is 1.24. The molecule has 1 saturated heterocycles. The SMILES string of the molecule is CCCNCC(C)CN1CCC2(O)CCCCC2C1. The lowest BCUT2D eigenvalue weighted by Crippen LogP contribution is -2.54. The van der Waals surface area contributed by atoms with Gasteiger partial charge in [0.2, 0.25) is 0 Å². The number of aliphatic hydroxyl groups is 1. The second-order valence-corrected chi connectivity index (χ2v) is 6.87. The first kappa shape index (κ1) is 15.3. The largest absolute Gasteiger partial charge is 0.390 e. The summed E-state index contributed by atoms with van der Waals surface area (Å²) in [6, 6.07) is 0. The summed E-state index contributed by atoms with van der Waals surface area (Å²) in [5.41, 5.74) is -0.321. The minimum Gasteiger partial charge on any atom is -0.390 e. The van der Waals surface area contributed by atoms with E-state index in [0.29, 0.717) is 11.8 Å². The van der Waals surface area contributed by atoms with Crippen molar-refractivity contribution in [2.24, 2.45) is 11.8 Å². The highest BCUT2D eigenvalue weighted by atomic mass is 16.3. The van der Waals surface area contributed by atoms with Crippen LogP contribution in [0.25, 0.3) is 0 Å². The van der Waals surface area contributed by atoms with Gasteiger partial charge in [-0.2, -0.15) is 0 Å². The van der Waals surface area contributed by atoms with Gasteiger partial charge in [-0.15, -0.1) is 0 Å². The van der Waals surface area contributed by atoms with Gasteiger partial charge in [-0.3, -0.25) is 0 Å². The number of hydrogen-bond donors (Lipinski definition) is 2. The number of fused-ring (bicyclic) bond motifs is 1. The summed E-state index contributed by atoms with van der Waals surface area (Å²) >= 11 is 0. The van der Waals surface area contributed by atoms with Crippen LogP contribution in [0.2, 0.25) is 0 Å². The normalized spacial score (nSPS) is 33.9. The molecular formula is C16H32N2O. The maximum absolute atomic E-state index is 10.7. The van der Waals surface area contributed by atoms with E-state index in [2.05, 4.69) is 24.1 Å². The van der Waals surface area contributed by atoms with Crippen LogP contribution in [0.4, 0.5) is 0 Å². The second kappa shape index (κ2) is 7.05. The maximum Gasteiger partial charge on any atom is 0.0700 e. The first-order valence-corrected chi connectivity index (χ1v) is 8.29. The van der Waals surface area contributed by atoms with Gasteiger partial charge >= 0.3 is 0 Å². The van der Waals surface area contributed by atoms with Gasteiger partial charge in [0, 0.05) is 25.6 Å². The molecule has 0 spiro atoms. The molecule has 19 heavy (non-hydrogen) atoms. The monoisotopic (exact) mass is 268 g/mol. The summed E-state index contributed by atoms with van der Waals surface area (Å²) in [5, 5.41) is 14.2. The van der Waals surface area contributed by atoms with E-state index >= 15 is 0 Å². The van der Waals surface area contributed by atoms with E-state index in [0.717, 1.165) is 39.0 Å². The Balaban J connectivity index is 1.74. The fraction of sp³-hybridized carbons (Fsp3) is 1.00. The van der Waals surface area contributed by atoms with Crippen LogP contribution in [0.3, 0.4) is 0 Å². The van der Waals surface area contributed by atoms with E-state index < -0.39 is 0 Å². The number of piperidine rings is 1. The predicted molar refractivity (Wildman–Crippen MR) is 80.3 cm³/mol. The molecular weight excluding hydrogens is 236 g/mol. The third kappa shape index (κ3) is 4.17. The van der Waals surface area contributed by atoms with Crippen LogP contribution in [-0.2, 0) is 0 Å². The van der Waals surface area contributed by atoms with E-state index in [-0.39, 0.29) is 5.60 Å². The van der Waals surface area contributed by atoms with Gasteiger partial charge in [0.25, 0.3) is 0 Å². The van der Waals surface area contributed by atoms with E-state index in [1.165, 1.54) is 32.2 Å². The molecule has 1 heterocycles. The molecule has 1 saturated carbocycles. The van der Waals surface area contributed by atoms with Crippen molar-refractivity contribution in [3.63, 3.8) is 0 Å². The Morgan fingerprint density at radius 3 is 3.00 bits per heavy atom. The summed E-state index contributed by atoms with van der Waals surface area (Å²) < 4.78 is 0. The first-order chi connectivity index (χ1) is 9.14. The molecule has 0 aromatic rings. The zero-order valence-electron chi connectivity index (χ0n) is 12.8. The molecule has 3 heteroatoms. The summed E-state index contributed by atoms with van der Waals surface area (Å²) in [6.07, 6.45) is 7.02. The molecule has 2 N–H and O–H groups in total. The highest BCUT2D eigenvalue weighted by Crippen LogP contribution is 2.39. The van der Waals surface area contributed by atoms with Crippen LogP contribution >= 0.6 is 0 Å². The van der Waals surface area contributed by atoms with Gasteiger partial charge in [0.15, 0.2) is 0 Å². The molecule has 1 aliphatic carbocycles. The third-order valence-electron chi connectivity index (χ3n) is 5.00. The van der Waals surface area contributed by atoms with Crippen molar-refractivity contribution < 1.29 is 5.11 Å². The van der Waals surface area contributed by atoms with Gasteiger partial charge in [-0.05, 0) is 44.7 Å². The number of nitrogens with zero attached hydrogens (tertiary/aromatic N) is 1. The van der Waals surface area contributed by atoms with Crippen LogP contribution in [0.1, 0.15) is 52.4 Å². The summed E-state index contributed by atoms with van der Waals surface area (Å²) in [7, 11) is 0. The average molecular weight is 268 g/mol. The predicted octanol–water partition coefficient (Wildman–Crippen LogP) is 2.25. The fourth-order valence-electron chi connectivity index (χ4n) is 3.84. The molecule has 2 aliphatic rings. The van der Waals surface area contributed by atoms with Crippen LogP contribution in [0.15, 0.2) is 0 Å². The van der Waals surface area contributed by atoms with Crippen molar-refractivity contribution >= 4 is 0 Å². The number of rotatable bonds is 6. The molecule has 2 fully saturated rings. The van der Waals surface area contributed by atoms with Crippen molar-refractivity contribution in [3.05, 3.63) is 0 Å². The Kier molecular flexibility index (Phi) is 5.67. The van der Waals surface area contributed by atoms with Crippen LogP contribution in [0, 0.1) is 11.8 Å². The van der Waals surface area contributed by atoms with E-state index in [1.54, 1.807) is 0 Å². The Bertz CT molecular complexity index is 271. The minimum atomic E-state index is -0.321. The standard InChI is InChI=1S/C16H32N2O/c1-3-9-17-11-14(2)12-18-10-8-16(19)7-5-4-6-15(16)13-18/h14-15,17,19H,3-13H2,1-2H3. The van der Waals surface area contributed by atoms with Gasteiger partial charge in [0.05, 0.1) is 5.60 Å². The van der Waals surface area contributed by atoms with E-state index in [4.69, 9.17) is 0 Å². The van der Waals surface area contributed by atoms with Gasteiger partial charge in [-0.25, -0.2) is 0 Å². The second-order valence-electron chi connectivity index (χ2n) is 6.87. The number of likely N-dealkylation sites (tertiary alicyclic amines) is 1. The highest BCUT2D eigenvalue weighted by molar-refractivity contribution is 4.95. The smallest absolute Gasteiger partial charge is 0.0700 e. The molecule has 2 rings (SSSR count). The van der Waals surface area contributed by atoms with Gasteiger partial charge in [-0.1, -0.05) is 26.7 Å². The Morgan fingerprint density at radius 1 is 1.37 bits per heavy atom. The lowest BCUT2D eigenvalue weighted by Gasteiger charge is -2.48. The zero-order valence-corrected chi connectivity index (χ0v) is 12.8. The van der Waals surface area contributed by atoms with Crippen molar-refractivity contribution in [2.45, 2.75) is 58.0 Å². The lowest BCUT2D eigenvalue weighted by atomic mass is 9.71. The Labute approximate surface area is 118 Å². The molecule has 0 radical (unpaired) electrons. The molecule has 0 amide bonds.